The lowest BCUT2D eigenvalue weighted by atomic mass is 10.1. The third-order valence-electron chi connectivity index (χ3n) is 3.86. The molecule has 0 aliphatic rings. The molecule has 2 aromatic carbocycles. The third-order valence-corrected chi connectivity index (χ3v) is 3.86. The van der Waals surface area contributed by atoms with E-state index in [0.717, 1.165) is 16.6 Å². The molecule has 0 saturated heterocycles. The van der Waals surface area contributed by atoms with Gasteiger partial charge in [-0.25, -0.2) is 10.1 Å². The quantitative estimate of drug-likeness (QED) is 0.541. The van der Waals surface area contributed by atoms with Gasteiger partial charge in [-0.05, 0) is 37.3 Å². The number of hydrogen-bond acceptors (Lipinski definition) is 6. The lowest BCUT2D eigenvalue weighted by Crippen LogP contribution is -2.24. The minimum Gasteiger partial charge on any atom is -0.493 e. The molecule has 0 fully saturated rings. The summed E-state index contributed by atoms with van der Waals surface area (Å²) in [5.41, 5.74) is 5.53. The summed E-state index contributed by atoms with van der Waals surface area (Å²) in [6.07, 6.45) is 0. The van der Waals surface area contributed by atoms with Crippen molar-refractivity contribution in [3.8, 4) is 11.5 Å². The number of aromatic nitrogens is 3. The molecular weight excluding hydrogens is 334 g/mol. The summed E-state index contributed by atoms with van der Waals surface area (Å²) in [6.45, 7) is 1.83. The van der Waals surface area contributed by atoms with Crippen LogP contribution < -0.4 is 14.9 Å². The van der Waals surface area contributed by atoms with E-state index in [1.807, 2.05) is 30.3 Å². The summed E-state index contributed by atoms with van der Waals surface area (Å²) in [6, 6.07) is 12.9. The van der Waals surface area contributed by atoms with Gasteiger partial charge in [-0.3, -0.25) is 4.79 Å². The van der Waals surface area contributed by atoms with Gasteiger partial charge in [0.05, 0.1) is 25.4 Å². The third kappa shape index (κ3) is 3.64. The highest BCUT2D eigenvalue weighted by molar-refractivity contribution is 5.99. The van der Waals surface area contributed by atoms with Crippen LogP contribution in [0.5, 0.6) is 11.5 Å². The number of rotatable bonds is 6. The van der Waals surface area contributed by atoms with Crippen molar-refractivity contribution in [3.63, 3.8) is 0 Å². The molecule has 3 rings (SSSR count). The maximum atomic E-state index is 12.2. The molecule has 26 heavy (non-hydrogen) atoms. The summed E-state index contributed by atoms with van der Waals surface area (Å²) >= 11 is 0. The Morgan fingerprint density at radius 1 is 1.15 bits per heavy atom. The Hall–Kier alpha value is -3.42. The van der Waals surface area contributed by atoms with Crippen molar-refractivity contribution in [1.82, 2.24) is 20.4 Å². The molecule has 0 saturated carbocycles. The van der Waals surface area contributed by atoms with Gasteiger partial charge in [-0.1, -0.05) is 17.3 Å². The van der Waals surface area contributed by atoms with Crippen molar-refractivity contribution < 1.29 is 14.3 Å². The van der Waals surface area contributed by atoms with E-state index in [2.05, 4.69) is 20.8 Å². The molecule has 1 heterocycles. The standard InChI is InChI=1S/C18H19N5O3/c1-12(13-8-9-16(25-2)17(10-13)26-3)19-21-18(24)11-23-15-7-5-4-6-14(15)20-22-23/h4-10H,11H2,1-3H3,(H,21,24)/b19-12+. The van der Waals surface area contributed by atoms with E-state index in [9.17, 15) is 4.79 Å². The van der Waals surface area contributed by atoms with E-state index in [4.69, 9.17) is 9.47 Å². The van der Waals surface area contributed by atoms with Gasteiger partial charge in [0.2, 0.25) is 0 Å². The van der Waals surface area contributed by atoms with Crippen LogP contribution in [0, 0.1) is 0 Å². The Morgan fingerprint density at radius 2 is 1.92 bits per heavy atom. The number of carbonyl (C=O) groups excluding carboxylic acids is 1. The molecule has 8 nitrogen and oxygen atoms in total. The molecule has 0 spiro atoms. The van der Waals surface area contributed by atoms with Crippen molar-refractivity contribution in [2.75, 3.05) is 14.2 Å². The first-order valence-corrected chi connectivity index (χ1v) is 7.96. The van der Waals surface area contributed by atoms with Crippen molar-refractivity contribution in [1.29, 1.82) is 0 Å². The minimum atomic E-state index is -0.291. The Balaban J connectivity index is 1.69. The van der Waals surface area contributed by atoms with E-state index < -0.39 is 0 Å². The van der Waals surface area contributed by atoms with Crippen molar-refractivity contribution in [2.45, 2.75) is 13.5 Å². The Kier molecular flexibility index (Phi) is 5.12. The van der Waals surface area contributed by atoms with Gasteiger partial charge >= 0.3 is 0 Å². The molecule has 1 aromatic heterocycles. The van der Waals surface area contributed by atoms with E-state index in [1.54, 1.807) is 33.3 Å². The second-order valence-corrected chi connectivity index (χ2v) is 5.54. The number of ether oxygens (including phenoxy) is 2. The smallest absolute Gasteiger partial charge is 0.261 e. The summed E-state index contributed by atoms with van der Waals surface area (Å²) < 4.78 is 12.0. The number of nitrogens with zero attached hydrogens (tertiary/aromatic N) is 4. The molecular formula is C18H19N5O3. The predicted octanol–water partition coefficient (Wildman–Crippen LogP) is 1.99. The van der Waals surface area contributed by atoms with Crippen LogP contribution in [0.15, 0.2) is 47.6 Å². The van der Waals surface area contributed by atoms with E-state index in [0.29, 0.717) is 17.2 Å². The first-order chi connectivity index (χ1) is 12.6. The summed E-state index contributed by atoms with van der Waals surface area (Å²) in [5.74, 6) is 0.937. The molecule has 0 unspecified atom stereocenters. The summed E-state index contributed by atoms with van der Waals surface area (Å²) in [4.78, 5) is 12.2. The fourth-order valence-electron chi connectivity index (χ4n) is 2.48. The molecule has 1 N–H and O–H groups in total. The van der Waals surface area contributed by atoms with Crippen molar-refractivity contribution in [3.05, 3.63) is 48.0 Å². The molecule has 0 radical (unpaired) electrons. The lowest BCUT2D eigenvalue weighted by molar-refractivity contribution is -0.121. The first-order valence-electron chi connectivity index (χ1n) is 7.96. The Labute approximate surface area is 150 Å². The van der Waals surface area contributed by atoms with E-state index in [1.165, 1.54) is 4.68 Å². The highest BCUT2D eigenvalue weighted by Gasteiger charge is 2.09. The topological polar surface area (TPSA) is 90.6 Å². The zero-order chi connectivity index (χ0) is 18.5. The summed E-state index contributed by atoms with van der Waals surface area (Å²) in [7, 11) is 3.14. The van der Waals surface area contributed by atoms with Gasteiger partial charge in [0.15, 0.2) is 11.5 Å². The molecule has 8 heteroatoms. The monoisotopic (exact) mass is 353 g/mol. The zero-order valence-electron chi connectivity index (χ0n) is 14.8. The molecule has 0 aliphatic heterocycles. The average molecular weight is 353 g/mol. The van der Waals surface area contributed by atoms with Crippen LogP contribution in [-0.2, 0) is 11.3 Å². The number of benzene rings is 2. The maximum Gasteiger partial charge on any atom is 0.261 e. The molecule has 3 aromatic rings. The van der Waals surface area contributed by atoms with Crippen molar-refractivity contribution in [2.24, 2.45) is 5.10 Å². The summed E-state index contributed by atoms with van der Waals surface area (Å²) in [5, 5.41) is 12.2. The number of nitrogens with one attached hydrogen (secondary N) is 1. The number of fused-ring (bicyclic) bond motifs is 1. The molecule has 0 aliphatic carbocycles. The van der Waals surface area contributed by atoms with E-state index in [-0.39, 0.29) is 12.5 Å². The first kappa shape index (κ1) is 17.4. The Morgan fingerprint density at radius 3 is 2.69 bits per heavy atom. The van der Waals surface area contributed by atoms with Crippen LogP contribution in [0.4, 0.5) is 0 Å². The van der Waals surface area contributed by atoms with Gasteiger partial charge in [0.1, 0.15) is 12.1 Å². The molecule has 0 bridgehead atoms. The number of carbonyl (C=O) groups is 1. The van der Waals surface area contributed by atoms with Crippen LogP contribution in [0.3, 0.4) is 0 Å². The normalized spacial score (nSPS) is 11.4. The largest absolute Gasteiger partial charge is 0.493 e. The van der Waals surface area contributed by atoms with Crippen LogP contribution >= 0.6 is 0 Å². The fourth-order valence-corrected chi connectivity index (χ4v) is 2.48. The fraction of sp³-hybridized carbons (Fsp3) is 0.222. The van der Waals surface area contributed by atoms with Gasteiger partial charge in [0.25, 0.3) is 5.91 Å². The number of methoxy groups -OCH3 is 2. The number of amides is 1. The highest BCUT2D eigenvalue weighted by Crippen LogP contribution is 2.27. The van der Waals surface area contributed by atoms with Gasteiger partial charge in [0, 0.05) is 5.56 Å². The Bertz CT molecular complexity index is 964. The highest BCUT2D eigenvalue weighted by atomic mass is 16.5. The molecule has 0 atom stereocenters. The predicted molar refractivity (Wildman–Crippen MR) is 97.4 cm³/mol. The molecule has 1 amide bonds. The van der Waals surface area contributed by atoms with Crippen LogP contribution in [0.2, 0.25) is 0 Å². The lowest BCUT2D eigenvalue weighted by Gasteiger charge is -2.09. The van der Waals surface area contributed by atoms with Crippen LogP contribution in [0.1, 0.15) is 12.5 Å². The minimum absolute atomic E-state index is 0.0310. The average Bonchev–Trinajstić information content (AvgIpc) is 3.08. The molecule has 134 valence electrons. The number of hydrogen-bond donors (Lipinski definition) is 1. The van der Waals surface area contributed by atoms with Crippen LogP contribution in [0.25, 0.3) is 11.0 Å². The second kappa shape index (κ2) is 7.64. The number of para-hydroxylation sites is 1. The van der Waals surface area contributed by atoms with Gasteiger partial charge in [-0.15, -0.1) is 5.10 Å². The SMILES string of the molecule is COc1ccc(/C(C)=N/NC(=O)Cn2nnc3ccccc32)cc1OC. The second-order valence-electron chi connectivity index (χ2n) is 5.54. The van der Waals surface area contributed by atoms with Gasteiger partial charge < -0.3 is 9.47 Å². The van der Waals surface area contributed by atoms with Crippen LogP contribution in [-0.4, -0.2) is 40.8 Å². The zero-order valence-corrected chi connectivity index (χ0v) is 14.8. The van der Waals surface area contributed by atoms with E-state index >= 15 is 0 Å². The van der Waals surface area contributed by atoms with Crippen molar-refractivity contribution >= 4 is 22.7 Å². The van der Waals surface area contributed by atoms with Gasteiger partial charge in [-0.2, -0.15) is 5.10 Å². The maximum absolute atomic E-state index is 12.2. The number of hydrazone groups is 1.